The summed E-state index contributed by atoms with van der Waals surface area (Å²) in [7, 11) is 2.15. The van der Waals surface area contributed by atoms with E-state index in [0.29, 0.717) is 5.95 Å². The van der Waals surface area contributed by atoms with E-state index in [4.69, 9.17) is 5.73 Å². The number of aromatic nitrogens is 2. The van der Waals surface area contributed by atoms with Crippen LogP contribution in [0.15, 0.2) is 10.7 Å². The predicted molar refractivity (Wildman–Crippen MR) is 68.5 cm³/mol. The molecule has 0 amide bonds. The number of anilines is 2. The van der Waals surface area contributed by atoms with Gasteiger partial charge in [-0.05, 0) is 35.9 Å². The molecule has 0 spiro atoms. The molecule has 2 heterocycles. The van der Waals surface area contributed by atoms with E-state index in [1.807, 2.05) is 0 Å². The zero-order valence-electron chi connectivity index (χ0n) is 9.36. The maximum absolute atomic E-state index is 5.62. The minimum absolute atomic E-state index is 0.329. The molecular weight excluding hydrogens is 270 g/mol. The molecule has 1 aliphatic heterocycles. The summed E-state index contributed by atoms with van der Waals surface area (Å²) in [6.45, 7) is 4.18. The molecule has 88 valence electrons. The molecule has 0 aliphatic carbocycles. The minimum Gasteiger partial charge on any atom is -0.368 e. The van der Waals surface area contributed by atoms with Gasteiger partial charge in [-0.25, -0.2) is 4.98 Å². The monoisotopic (exact) mass is 285 g/mol. The molecule has 6 heteroatoms. The summed E-state index contributed by atoms with van der Waals surface area (Å²) in [5, 5.41) is 0. The second-order valence-electron chi connectivity index (χ2n) is 4.04. The van der Waals surface area contributed by atoms with Crippen molar-refractivity contribution in [2.24, 2.45) is 0 Å². The number of likely N-dealkylation sites (N-methyl/N-ethyl adjacent to an activating group) is 1. The number of nitrogens with zero attached hydrogens (tertiary/aromatic N) is 4. The number of halogens is 1. The Balaban J connectivity index is 2.19. The molecule has 0 atom stereocenters. The summed E-state index contributed by atoms with van der Waals surface area (Å²) in [5.74, 6) is 1.23. The molecule has 0 aromatic carbocycles. The summed E-state index contributed by atoms with van der Waals surface area (Å²) < 4.78 is 0.909. The van der Waals surface area contributed by atoms with Gasteiger partial charge in [-0.1, -0.05) is 0 Å². The van der Waals surface area contributed by atoms with Gasteiger partial charge in [-0.3, -0.25) is 0 Å². The first-order valence-electron chi connectivity index (χ1n) is 5.38. The Morgan fingerprint density at radius 2 is 2.12 bits per heavy atom. The molecule has 2 rings (SSSR count). The predicted octanol–water partition coefficient (Wildman–Crippen LogP) is 0.963. The summed E-state index contributed by atoms with van der Waals surface area (Å²) >= 11 is 3.47. The van der Waals surface area contributed by atoms with Gasteiger partial charge < -0.3 is 15.5 Å². The quantitative estimate of drug-likeness (QED) is 0.833. The summed E-state index contributed by atoms with van der Waals surface area (Å²) in [4.78, 5) is 12.8. The zero-order valence-corrected chi connectivity index (χ0v) is 10.9. The van der Waals surface area contributed by atoms with Crippen molar-refractivity contribution >= 4 is 27.7 Å². The highest BCUT2D eigenvalue weighted by Gasteiger charge is 2.16. The highest BCUT2D eigenvalue weighted by atomic mass is 79.9. The van der Waals surface area contributed by atoms with Gasteiger partial charge in [0.05, 0.1) is 4.47 Å². The van der Waals surface area contributed by atoms with E-state index in [1.54, 1.807) is 6.20 Å². The van der Waals surface area contributed by atoms with Crippen LogP contribution in [-0.2, 0) is 0 Å². The zero-order chi connectivity index (χ0) is 11.5. The van der Waals surface area contributed by atoms with Crippen LogP contribution in [-0.4, -0.2) is 48.1 Å². The minimum atomic E-state index is 0.329. The molecule has 2 N–H and O–H groups in total. The number of nitrogens with two attached hydrogens (primary N) is 1. The van der Waals surface area contributed by atoms with Gasteiger partial charge in [-0.2, -0.15) is 4.98 Å². The van der Waals surface area contributed by atoms with Crippen LogP contribution < -0.4 is 10.6 Å². The Morgan fingerprint density at radius 3 is 2.94 bits per heavy atom. The van der Waals surface area contributed by atoms with E-state index in [9.17, 15) is 0 Å². The van der Waals surface area contributed by atoms with Crippen molar-refractivity contribution in [3.63, 3.8) is 0 Å². The fraction of sp³-hybridized carbons (Fsp3) is 0.600. The lowest BCUT2D eigenvalue weighted by molar-refractivity contribution is 0.360. The Hall–Kier alpha value is -0.880. The van der Waals surface area contributed by atoms with E-state index < -0.39 is 0 Å². The average molecular weight is 286 g/mol. The fourth-order valence-corrected chi connectivity index (χ4v) is 2.29. The number of hydrogen-bond donors (Lipinski definition) is 1. The Morgan fingerprint density at radius 1 is 1.31 bits per heavy atom. The second-order valence-corrected chi connectivity index (χ2v) is 4.90. The summed E-state index contributed by atoms with van der Waals surface area (Å²) in [5.41, 5.74) is 5.62. The van der Waals surface area contributed by atoms with Gasteiger partial charge in [0.25, 0.3) is 0 Å². The van der Waals surface area contributed by atoms with Gasteiger partial charge in [0.1, 0.15) is 5.82 Å². The first-order chi connectivity index (χ1) is 7.66. The summed E-state index contributed by atoms with van der Waals surface area (Å²) in [6, 6.07) is 0. The van der Waals surface area contributed by atoms with Crippen molar-refractivity contribution in [3.8, 4) is 0 Å². The van der Waals surface area contributed by atoms with Crippen molar-refractivity contribution in [1.82, 2.24) is 14.9 Å². The van der Waals surface area contributed by atoms with Crippen LogP contribution in [0.2, 0.25) is 0 Å². The molecule has 1 saturated heterocycles. The normalized spacial score (nSPS) is 18.5. The van der Waals surface area contributed by atoms with Crippen LogP contribution in [0.3, 0.4) is 0 Å². The van der Waals surface area contributed by atoms with Crippen molar-refractivity contribution in [2.45, 2.75) is 6.42 Å². The number of hydrogen-bond acceptors (Lipinski definition) is 5. The van der Waals surface area contributed by atoms with Gasteiger partial charge in [-0.15, -0.1) is 0 Å². The average Bonchev–Trinajstić information content (AvgIpc) is 2.47. The molecule has 0 unspecified atom stereocenters. The second kappa shape index (κ2) is 4.97. The third-order valence-corrected chi connectivity index (χ3v) is 3.32. The molecule has 1 aromatic rings. The van der Waals surface area contributed by atoms with Crippen molar-refractivity contribution < 1.29 is 0 Å². The van der Waals surface area contributed by atoms with Gasteiger partial charge in [0.15, 0.2) is 0 Å². The lowest BCUT2D eigenvalue weighted by Crippen LogP contribution is -2.29. The molecule has 16 heavy (non-hydrogen) atoms. The maximum atomic E-state index is 5.62. The van der Waals surface area contributed by atoms with Crippen LogP contribution in [0, 0.1) is 0 Å². The first kappa shape index (κ1) is 11.6. The molecule has 1 aliphatic rings. The highest BCUT2D eigenvalue weighted by Crippen LogP contribution is 2.24. The Labute approximate surface area is 104 Å². The van der Waals surface area contributed by atoms with Gasteiger partial charge >= 0.3 is 0 Å². The van der Waals surface area contributed by atoms with E-state index >= 15 is 0 Å². The lowest BCUT2D eigenvalue weighted by Gasteiger charge is -2.22. The number of nitrogen functional groups attached to an aromatic ring is 1. The van der Waals surface area contributed by atoms with Crippen LogP contribution in [0.25, 0.3) is 0 Å². The van der Waals surface area contributed by atoms with Crippen molar-refractivity contribution in [1.29, 1.82) is 0 Å². The third kappa shape index (κ3) is 2.62. The lowest BCUT2D eigenvalue weighted by atomic mass is 10.4. The van der Waals surface area contributed by atoms with Gasteiger partial charge in [0, 0.05) is 25.8 Å². The summed E-state index contributed by atoms with van der Waals surface area (Å²) in [6.07, 6.45) is 2.86. The highest BCUT2D eigenvalue weighted by molar-refractivity contribution is 9.10. The number of rotatable bonds is 1. The standard InChI is InChI=1S/C10H16BrN5/c1-15-3-2-4-16(6-5-15)9-8(11)7-13-10(12)14-9/h7H,2-6H2,1H3,(H2,12,13,14). The smallest absolute Gasteiger partial charge is 0.222 e. The van der Waals surface area contributed by atoms with Crippen molar-refractivity contribution in [2.75, 3.05) is 43.9 Å². The van der Waals surface area contributed by atoms with Crippen LogP contribution >= 0.6 is 15.9 Å². The van der Waals surface area contributed by atoms with E-state index in [0.717, 1.165) is 42.9 Å². The van der Waals surface area contributed by atoms with E-state index in [1.165, 1.54) is 0 Å². The first-order valence-corrected chi connectivity index (χ1v) is 6.17. The molecule has 0 saturated carbocycles. The third-order valence-electron chi connectivity index (χ3n) is 2.76. The van der Waals surface area contributed by atoms with E-state index in [-0.39, 0.29) is 0 Å². The van der Waals surface area contributed by atoms with E-state index in [2.05, 4.69) is 42.7 Å². The molecule has 1 aromatic heterocycles. The molecule has 0 bridgehead atoms. The Bertz CT molecular complexity index is 370. The molecular formula is C10H16BrN5. The van der Waals surface area contributed by atoms with Crippen LogP contribution in [0.4, 0.5) is 11.8 Å². The van der Waals surface area contributed by atoms with Gasteiger partial charge in [0.2, 0.25) is 5.95 Å². The van der Waals surface area contributed by atoms with Crippen LogP contribution in [0.1, 0.15) is 6.42 Å². The topological polar surface area (TPSA) is 58.3 Å². The maximum Gasteiger partial charge on any atom is 0.222 e. The Kier molecular flexibility index (Phi) is 3.60. The molecule has 0 radical (unpaired) electrons. The van der Waals surface area contributed by atoms with Crippen LogP contribution in [0.5, 0.6) is 0 Å². The molecule has 1 fully saturated rings. The SMILES string of the molecule is CN1CCCN(c2nc(N)ncc2Br)CC1. The largest absolute Gasteiger partial charge is 0.368 e. The van der Waals surface area contributed by atoms with Crippen molar-refractivity contribution in [3.05, 3.63) is 10.7 Å². The fourth-order valence-electron chi connectivity index (χ4n) is 1.85. The molecule has 5 nitrogen and oxygen atoms in total.